The van der Waals surface area contributed by atoms with Crippen LogP contribution in [0.1, 0.15) is 25.3 Å². The molecular formula is C13H17F3N2. The van der Waals surface area contributed by atoms with Crippen molar-refractivity contribution < 1.29 is 13.2 Å². The smallest absolute Gasteiger partial charge is 0.383 e. The van der Waals surface area contributed by atoms with Crippen LogP contribution < -0.4 is 10.6 Å². The quantitative estimate of drug-likeness (QED) is 0.839. The molecule has 0 amide bonds. The third-order valence-electron chi connectivity index (χ3n) is 3.21. The fourth-order valence-electron chi connectivity index (χ4n) is 2.21. The van der Waals surface area contributed by atoms with Gasteiger partial charge in [-0.15, -0.1) is 0 Å². The molecule has 0 saturated carbocycles. The zero-order valence-electron chi connectivity index (χ0n) is 10.3. The van der Waals surface area contributed by atoms with E-state index in [0.29, 0.717) is 11.6 Å². The van der Waals surface area contributed by atoms with Crippen LogP contribution in [0.3, 0.4) is 0 Å². The molecule has 2 nitrogen and oxygen atoms in total. The summed E-state index contributed by atoms with van der Waals surface area (Å²) in [5.41, 5.74) is 0.689. The first kappa shape index (κ1) is 13.1. The number of benzene rings is 1. The summed E-state index contributed by atoms with van der Waals surface area (Å²) in [6.45, 7) is 3.63. The number of anilines is 2. The predicted molar refractivity (Wildman–Crippen MR) is 66.8 cm³/mol. The number of rotatable bonds is 2. The first-order valence-corrected chi connectivity index (χ1v) is 6.19. The van der Waals surface area contributed by atoms with E-state index in [0.717, 1.165) is 37.7 Å². The molecule has 1 atom stereocenters. The van der Waals surface area contributed by atoms with Crippen LogP contribution in [-0.4, -0.2) is 13.1 Å². The molecule has 0 bridgehead atoms. The van der Waals surface area contributed by atoms with E-state index in [1.165, 1.54) is 12.1 Å². The Kier molecular flexibility index (Phi) is 3.68. The number of hydrogen-bond acceptors (Lipinski definition) is 2. The van der Waals surface area contributed by atoms with Crippen LogP contribution in [0.4, 0.5) is 24.5 Å². The highest BCUT2D eigenvalue weighted by molar-refractivity contribution is 5.70. The van der Waals surface area contributed by atoms with Crippen molar-refractivity contribution >= 4 is 11.4 Å². The van der Waals surface area contributed by atoms with Crippen molar-refractivity contribution in [3.05, 3.63) is 23.8 Å². The van der Waals surface area contributed by atoms with Crippen LogP contribution in [0, 0.1) is 5.92 Å². The van der Waals surface area contributed by atoms with Crippen LogP contribution in [0.5, 0.6) is 0 Å². The Morgan fingerprint density at radius 2 is 1.83 bits per heavy atom. The number of hydrogen-bond donors (Lipinski definition) is 2. The maximum absolute atomic E-state index is 12.6. The molecule has 5 heteroatoms. The van der Waals surface area contributed by atoms with Gasteiger partial charge in [0.15, 0.2) is 0 Å². The van der Waals surface area contributed by atoms with E-state index >= 15 is 0 Å². The van der Waals surface area contributed by atoms with Gasteiger partial charge in [0, 0.05) is 13.1 Å². The molecule has 0 aromatic heterocycles. The number of nitrogens with one attached hydrogen (secondary N) is 2. The average molecular weight is 258 g/mol. The molecule has 1 aliphatic rings. The maximum Gasteiger partial charge on any atom is 0.416 e. The molecule has 2 N–H and O–H groups in total. The summed E-state index contributed by atoms with van der Waals surface area (Å²) in [7, 11) is 0. The van der Waals surface area contributed by atoms with Crippen LogP contribution in [0.2, 0.25) is 0 Å². The normalized spacial score (nSPS) is 19.4. The SMILES string of the molecule is CCCC1CNc2ccc(C(F)(F)F)cc2NC1. The van der Waals surface area contributed by atoms with Crippen LogP contribution in [0.15, 0.2) is 18.2 Å². The zero-order chi connectivity index (χ0) is 13.2. The standard InChI is InChI=1S/C13H17F3N2/c1-2-3-9-7-17-11-5-4-10(13(14,15)16)6-12(11)18-8-9/h4-6,9,17-18H,2-3,7-8H2,1H3. The second kappa shape index (κ2) is 5.08. The van der Waals surface area contributed by atoms with Crippen molar-refractivity contribution in [3.63, 3.8) is 0 Å². The van der Waals surface area contributed by atoms with E-state index in [2.05, 4.69) is 17.6 Å². The fourth-order valence-corrected chi connectivity index (χ4v) is 2.21. The summed E-state index contributed by atoms with van der Waals surface area (Å²) < 4.78 is 37.8. The van der Waals surface area contributed by atoms with Gasteiger partial charge in [-0.25, -0.2) is 0 Å². The molecule has 18 heavy (non-hydrogen) atoms. The Balaban J connectivity index is 2.18. The van der Waals surface area contributed by atoms with Crippen LogP contribution in [-0.2, 0) is 6.18 Å². The molecule has 1 aliphatic heterocycles. The van der Waals surface area contributed by atoms with Gasteiger partial charge in [-0.2, -0.15) is 13.2 Å². The molecule has 2 rings (SSSR count). The first-order chi connectivity index (χ1) is 8.50. The molecule has 1 aromatic rings. The number of alkyl halides is 3. The molecule has 0 aliphatic carbocycles. The lowest BCUT2D eigenvalue weighted by Crippen LogP contribution is -2.18. The minimum atomic E-state index is -4.29. The van der Waals surface area contributed by atoms with Crippen molar-refractivity contribution in [1.29, 1.82) is 0 Å². The van der Waals surface area contributed by atoms with Gasteiger partial charge in [0.1, 0.15) is 0 Å². The Morgan fingerprint density at radius 1 is 1.17 bits per heavy atom. The highest BCUT2D eigenvalue weighted by Crippen LogP contribution is 2.35. The highest BCUT2D eigenvalue weighted by atomic mass is 19.4. The van der Waals surface area contributed by atoms with Gasteiger partial charge in [0.05, 0.1) is 16.9 Å². The maximum atomic E-state index is 12.6. The number of fused-ring (bicyclic) bond motifs is 1. The largest absolute Gasteiger partial charge is 0.416 e. The van der Waals surface area contributed by atoms with Crippen molar-refractivity contribution in [2.75, 3.05) is 23.7 Å². The van der Waals surface area contributed by atoms with Gasteiger partial charge in [0.25, 0.3) is 0 Å². The van der Waals surface area contributed by atoms with Gasteiger partial charge in [0.2, 0.25) is 0 Å². The minimum Gasteiger partial charge on any atom is -0.383 e. The van der Waals surface area contributed by atoms with Crippen LogP contribution in [0.25, 0.3) is 0 Å². The summed E-state index contributed by atoms with van der Waals surface area (Å²) >= 11 is 0. The molecule has 0 spiro atoms. The molecule has 0 fully saturated rings. The average Bonchev–Trinajstić information content (AvgIpc) is 2.51. The van der Waals surface area contributed by atoms with Gasteiger partial charge in [-0.1, -0.05) is 13.3 Å². The fraction of sp³-hybridized carbons (Fsp3) is 0.538. The second-order valence-corrected chi connectivity index (χ2v) is 4.67. The summed E-state index contributed by atoms with van der Waals surface area (Å²) in [6, 6.07) is 3.80. The Bertz CT molecular complexity index is 415. The van der Waals surface area contributed by atoms with E-state index in [-0.39, 0.29) is 0 Å². The van der Waals surface area contributed by atoms with E-state index in [1.54, 1.807) is 0 Å². The predicted octanol–water partition coefficient (Wildman–Crippen LogP) is 3.96. The Morgan fingerprint density at radius 3 is 2.44 bits per heavy atom. The van der Waals surface area contributed by atoms with Crippen molar-refractivity contribution in [1.82, 2.24) is 0 Å². The molecule has 1 unspecified atom stereocenters. The Labute approximate surface area is 105 Å². The van der Waals surface area contributed by atoms with E-state index in [9.17, 15) is 13.2 Å². The van der Waals surface area contributed by atoms with Gasteiger partial charge in [-0.3, -0.25) is 0 Å². The molecule has 0 radical (unpaired) electrons. The third-order valence-corrected chi connectivity index (χ3v) is 3.21. The monoisotopic (exact) mass is 258 g/mol. The lowest BCUT2D eigenvalue weighted by atomic mass is 10.0. The molecule has 0 saturated heterocycles. The van der Waals surface area contributed by atoms with E-state index < -0.39 is 11.7 Å². The molecule has 1 heterocycles. The van der Waals surface area contributed by atoms with Crippen molar-refractivity contribution in [2.45, 2.75) is 25.9 Å². The number of halogens is 3. The molecular weight excluding hydrogens is 241 g/mol. The first-order valence-electron chi connectivity index (χ1n) is 6.19. The van der Waals surface area contributed by atoms with Gasteiger partial charge in [-0.05, 0) is 30.5 Å². The van der Waals surface area contributed by atoms with E-state index in [1.807, 2.05) is 0 Å². The lowest BCUT2D eigenvalue weighted by Gasteiger charge is -2.12. The second-order valence-electron chi connectivity index (χ2n) is 4.67. The van der Waals surface area contributed by atoms with Gasteiger partial charge >= 0.3 is 6.18 Å². The van der Waals surface area contributed by atoms with Crippen LogP contribution >= 0.6 is 0 Å². The topological polar surface area (TPSA) is 24.1 Å². The molecule has 1 aromatic carbocycles. The summed E-state index contributed by atoms with van der Waals surface area (Å²) in [5, 5.41) is 6.32. The lowest BCUT2D eigenvalue weighted by molar-refractivity contribution is -0.137. The van der Waals surface area contributed by atoms with E-state index in [4.69, 9.17) is 0 Å². The molecule has 100 valence electrons. The summed E-state index contributed by atoms with van der Waals surface area (Å²) in [4.78, 5) is 0. The summed E-state index contributed by atoms with van der Waals surface area (Å²) in [5.74, 6) is 0.455. The third kappa shape index (κ3) is 2.89. The zero-order valence-corrected chi connectivity index (χ0v) is 10.3. The summed E-state index contributed by atoms with van der Waals surface area (Å²) in [6.07, 6.45) is -2.13. The van der Waals surface area contributed by atoms with Crippen molar-refractivity contribution in [2.24, 2.45) is 5.92 Å². The minimum absolute atomic E-state index is 0.455. The Hall–Kier alpha value is -1.39. The van der Waals surface area contributed by atoms with Crippen molar-refractivity contribution in [3.8, 4) is 0 Å². The van der Waals surface area contributed by atoms with Gasteiger partial charge < -0.3 is 10.6 Å². The highest BCUT2D eigenvalue weighted by Gasteiger charge is 2.31.